The highest BCUT2D eigenvalue weighted by molar-refractivity contribution is 6.12. The van der Waals surface area contributed by atoms with Crippen molar-refractivity contribution in [3.8, 4) is 11.3 Å². The lowest BCUT2D eigenvalue weighted by Crippen LogP contribution is -2.10. The number of rotatable bonds is 4. The van der Waals surface area contributed by atoms with Crippen LogP contribution < -0.4 is 4.90 Å². The monoisotopic (exact) mass is 525 g/mol. The summed E-state index contributed by atoms with van der Waals surface area (Å²) in [6.07, 6.45) is 2.01. The SMILES string of the molecule is Cc1ccc(N(c2ccc(-c3cnc4c5ccccc5c5ccccc5n34)cc2)c2cccc3ccccc23)cc1. The van der Waals surface area contributed by atoms with E-state index in [9.17, 15) is 0 Å². The van der Waals surface area contributed by atoms with Crippen LogP contribution >= 0.6 is 0 Å². The summed E-state index contributed by atoms with van der Waals surface area (Å²) in [4.78, 5) is 7.27. The van der Waals surface area contributed by atoms with Gasteiger partial charge in [0.25, 0.3) is 0 Å². The van der Waals surface area contributed by atoms with Crippen LogP contribution in [0.5, 0.6) is 0 Å². The number of anilines is 3. The van der Waals surface area contributed by atoms with Gasteiger partial charge >= 0.3 is 0 Å². The van der Waals surface area contributed by atoms with Gasteiger partial charge in [0.15, 0.2) is 0 Å². The number of imidazole rings is 1. The molecule has 0 radical (unpaired) electrons. The van der Waals surface area contributed by atoms with E-state index in [2.05, 4.69) is 156 Å². The van der Waals surface area contributed by atoms with Gasteiger partial charge in [-0.3, -0.25) is 4.40 Å². The summed E-state index contributed by atoms with van der Waals surface area (Å²) >= 11 is 0. The Balaban J connectivity index is 1.31. The number of aryl methyl sites for hydroxylation is 1. The fraction of sp³-hybridized carbons (Fsp3) is 0.0263. The van der Waals surface area contributed by atoms with Crippen LogP contribution in [0.1, 0.15) is 5.56 Å². The highest BCUT2D eigenvalue weighted by Gasteiger charge is 2.17. The Kier molecular flexibility index (Phi) is 5.36. The summed E-state index contributed by atoms with van der Waals surface area (Å²) in [6.45, 7) is 2.13. The lowest BCUT2D eigenvalue weighted by atomic mass is 10.0. The number of para-hydroxylation sites is 1. The zero-order valence-electron chi connectivity index (χ0n) is 22.7. The molecule has 0 aliphatic rings. The average Bonchev–Trinajstić information content (AvgIpc) is 3.49. The van der Waals surface area contributed by atoms with Crippen LogP contribution in [0.15, 0.2) is 146 Å². The van der Waals surface area contributed by atoms with Crippen LogP contribution in [0.4, 0.5) is 17.1 Å². The molecule has 41 heavy (non-hydrogen) atoms. The predicted molar refractivity (Wildman–Crippen MR) is 173 cm³/mol. The standard InChI is InChI=1S/C38H27N3/c1-26-17-21-29(22-18-26)40(35-16-8-10-27-9-2-3-11-31(27)35)30-23-19-28(20-24-30)37-25-39-38-34-14-5-4-12-32(34)33-13-6-7-15-36(33)41(37)38/h2-25H,1H3. The Morgan fingerprint density at radius 1 is 0.537 bits per heavy atom. The van der Waals surface area contributed by atoms with Crippen molar-refractivity contribution in [3.05, 3.63) is 151 Å². The second-order valence-electron chi connectivity index (χ2n) is 10.6. The third-order valence-electron chi connectivity index (χ3n) is 8.09. The third-order valence-corrected chi connectivity index (χ3v) is 8.09. The quantitative estimate of drug-likeness (QED) is 0.213. The number of aromatic nitrogens is 2. The van der Waals surface area contributed by atoms with Crippen molar-refractivity contribution in [2.24, 2.45) is 0 Å². The maximum atomic E-state index is 4.92. The van der Waals surface area contributed by atoms with E-state index in [4.69, 9.17) is 4.98 Å². The fourth-order valence-electron chi connectivity index (χ4n) is 6.10. The number of benzene rings is 6. The average molecular weight is 526 g/mol. The molecule has 0 bridgehead atoms. The van der Waals surface area contributed by atoms with E-state index in [-0.39, 0.29) is 0 Å². The lowest BCUT2D eigenvalue weighted by molar-refractivity contribution is 1.26. The van der Waals surface area contributed by atoms with E-state index >= 15 is 0 Å². The molecule has 0 aliphatic carbocycles. The van der Waals surface area contributed by atoms with Crippen LogP contribution in [-0.2, 0) is 0 Å². The largest absolute Gasteiger partial charge is 0.310 e. The second kappa shape index (κ2) is 9.35. The van der Waals surface area contributed by atoms with Gasteiger partial charge in [0.05, 0.1) is 23.1 Å². The van der Waals surface area contributed by atoms with Gasteiger partial charge in [0.1, 0.15) is 5.65 Å². The number of nitrogens with zero attached hydrogens (tertiary/aromatic N) is 3. The Hall–Kier alpha value is -5.41. The molecule has 0 N–H and O–H groups in total. The van der Waals surface area contributed by atoms with E-state index in [0.717, 1.165) is 44.9 Å². The van der Waals surface area contributed by atoms with Gasteiger partial charge in [-0.2, -0.15) is 0 Å². The molecule has 194 valence electrons. The van der Waals surface area contributed by atoms with Crippen LogP contribution in [0.3, 0.4) is 0 Å². The van der Waals surface area contributed by atoms with Crippen molar-refractivity contribution < 1.29 is 0 Å². The van der Waals surface area contributed by atoms with E-state index in [0.29, 0.717) is 0 Å². The molecule has 0 amide bonds. The van der Waals surface area contributed by atoms with E-state index in [1.54, 1.807) is 0 Å². The summed E-state index contributed by atoms with van der Waals surface area (Å²) in [5, 5.41) is 6.07. The number of hydrogen-bond donors (Lipinski definition) is 0. The zero-order chi connectivity index (χ0) is 27.3. The Bertz CT molecular complexity index is 2200. The molecule has 0 atom stereocenters. The highest BCUT2D eigenvalue weighted by atomic mass is 15.1. The summed E-state index contributed by atoms with van der Waals surface area (Å²) < 4.78 is 2.30. The first-order valence-electron chi connectivity index (χ1n) is 14.0. The molecule has 8 rings (SSSR count). The second-order valence-corrected chi connectivity index (χ2v) is 10.6. The van der Waals surface area contributed by atoms with Crippen molar-refractivity contribution in [2.75, 3.05) is 4.90 Å². The molecule has 6 aromatic carbocycles. The van der Waals surface area contributed by atoms with Crippen LogP contribution in [0.25, 0.3) is 49.4 Å². The minimum Gasteiger partial charge on any atom is -0.310 e. The minimum absolute atomic E-state index is 0.982. The molecule has 2 heterocycles. The predicted octanol–water partition coefficient (Wildman–Crippen LogP) is 10.2. The van der Waals surface area contributed by atoms with E-state index in [1.165, 1.54) is 27.1 Å². The molecule has 8 aromatic rings. The first-order chi connectivity index (χ1) is 20.3. The van der Waals surface area contributed by atoms with Gasteiger partial charge in [-0.1, -0.05) is 109 Å². The molecule has 2 aromatic heterocycles. The topological polar surface area (TPSA) is 20.5 Å². The maximum absolute atomic E-state index is 4.92. The van der Waals surface area contributed by atoms with E-state index in [1.807, 2.05) is 6.20 Å². The van der Waals surface area contributed by atoms with Crippen LogP contribution in [-0.4, -0.2) is 9.38 Å². The molecule has 0 spiro atoms. The van der Waals surface area contributed by atoms with Crippen molar-refractivity contribution in [2.45, 2.75) is 6.92 Å². The molecule has 0 unspecified atom stereocenters. The Morgan fingerprint density at radius 3 is 1.93 bits per heavy atom. The van der Waals surface area contributed by atoms with E-state index < -0.39 is 0 Å². The van der Waals surface area contributed by atoms with Gasteiger partial charge in [0.2, 0.25) is 0 Å². The first-order valence-corrected chi connectivity index (χ1v) is 14.0. The number of pyridine rings is 1. The van der Waals surface area contributed by atoms with Crippen molar-refractivity contribution in [1.82, 2.24) is 9.38 Å². The van der Waals surface area contributed by atoms with Crippen LogP contribution in [0, 0.1) is 6.92 Å². The van der Waals surface area contributed by atoms with Crippen molar-refractivity contribution in [3.63, 3.8) is 0 Å². The van der Waals surface area contributed by atoms with Gasteiger partial charge in [-0.15, -0.1) is 0 Å². The Labute approximate surface area is 238 Å². The lowest BCUT2D eigenvalue weighted by Gasteiger charge is -2.27. The minimum atomic E-state index is 0.982. The Morgan fingerprint density at radius 2 is 1.15 bits per heavy atom. The molecule has 0 aliphatic heterocycles. The summed E-state index contributed by atoms with van der Waals surface area (Å²) in [5.74, 6) is 0. The normalized spacial score (nSPS) is 11.5. The van der Waals surface area contributed by atoms with Crippen LogP contribution in [0.2, 0.25) is 0 Å². The smallest absolute Gasteiger partial charge is 0.145 e. The highest BCUT2D eigenvalue weighted by Crippen LogP contribution is 2.40. The summed E-state index contributed by atoms with van der Waals surface area (Å²) in [6, 6.07) is 49.9. The van der Waals surface area contributed by atoms with Gasteiger partial charge in [-0.05, 0) is 54.1 Å². The maximum Gasteiger partial charge on any atom is 0.145 e. The van der Waals surface area contributed by atoms with Gasteiger partial charge in [0, 0.05) is 33.1 Å². The van der Waals surface area contributed by atoms with Crippen molar-refractivity contribution in [1.29, 1.82) is 0 Å². The molecule has 3 nitrogen and oxygen atoms in total. The molecule has 0 saturated carbocycles. The first kappa shape index (κ1) is 23.5. The van der Waals surface area contributed by atoms with Gasteiger partial charge in [-0.25, -0.2) is 4.98 Å². The van der Waals surface area contributed by atoms with Crippen molar-refractivity contribution >= 4 is 55.2 Å². The summed E-state index contributed by atoms with van der Waals surface area (Å²) in [5.41, 5.74) is 9.00. The number of hydrogen-bond acceptors (Lipinski definition) is 2. The summed E-state index contributed by atoms with van der Waals surface area (Å²) in [7, 11) is 0. The molecule has 3 heteroatoms. The fourth-order valence-corrected chi connectivity index (χ4v) is 6.10. The van der Waals surface area contributed by atoms with Gasteiger partial charge < -0.3 is 4.90 Å². The zero-order valence-corrected chi connectivity index (χ0v) is 22.7. The molecular weight excluding hydrogens is 498 g/mol. The third kappa shape index (κ3) is 3.78. The molecular formula is C38H27N3. The molecule has 0 saturated heterocycles. The molecule has 0 fully saturated rings. The number of fused-ring (bicyclic) bond motifs is 7.